The highest BCUT2D eigenvalue weighted by molar-refractivity contribution is 7.22. The molecule has 0 aliphatic carbocycles. The van der Waals surface area contributed by atoms with Gasteiger partial charge in [0.1, 0.15) is 0 Å². The van der Waals surface area contributed by atoms with Gasteiger partial charge < -0.3 is 0 Å². The van der Waals surface area contributed by atoms with Crippen LogP contribution in [0.2, 0.25) is 0 Å². The third kappa shape index (κ3) is 3.23. The fourth-order valence-corrected chi connectivity index (χ4v) is 3.10. The lowest BCUT2D eigenvalue weighted by molar-refractivity contribution is -0.112. The second-order valence-electron chi connectivity index (χ2n) is 5.18. The number of rotatable bonds is 3. The van der Waals surface area contributed by atoms with E-state index in [1.807, 2.05) is 55.5 Å². The summed E-state index contributed by atoms with van der Waals surface area (Å²) in [7, 11) is 0. The van der Waals surface area contributed by atoms with E-state index in [0.29, 0.717) is 10.7 Å². The predicted octanol–water partition coefficient (Wildman–Crippen LogP) is 4.65. The Morgan fingerprint density at radius 2 is 1.95 bits per heavy atom. The SMILES string of the molecule is CC(=Cc1ccccc1)C(=O)Nc1nc2ccc(C)cc2s1. The van der Waals surface area contributed by atoms with Gasteiger partial charge in [0.25, 0.3) is 5.91 Å². The molecule has 0 saturated carbocycles. The number of carbonyl (C=O) groups excluding carboxylic acids is 1. The van der Waals surface area contributed by atoms with E-state index in [9.17, 15) is 4.79 Å². The van der Waals surface area contributed by atoms with E-state index in [2.05, 4.69) is 16.4 Å². The number of hydrogen-bond acceptors (Lipinski definition) is 3. The number of aryl methyl sites for hydroxylation is 1. The van der Waals surface area contributed by atoms with Crippen LogP contribution >= 0.6 is 11.3 Å². The van der Waals surface area contributed by atoms with Crippen molar-refractivity contribution in [3.05, 3.63) is 65.2 Å². The Balaban J connectivity index is 1.79. The maximum Gasteiger partial charge on any atom is 0.253 e. The van der Waals surface area contributed by atoms with Gasteiger partial charge in [-0.05, 0) is 43.2 Å². The van der Waals surface area contributed by atoms with Gasteiger partial charge >= 0.3 is 0 Å². The molecule has 0 aliphatic heterocycles. The Kier molecular flexibility index (Phi) is 4.02. The normalized spacial score (nSPS) is 11.6. The van der Waals surface area contributed by atoms with Crippen molar-refractivity contribution < 1.29 is 4.79 Å². The zero-order valence-electron chi connectivity index (χ0n) is 12.5. The molecule has 0 atom stereocenters. The minimum Gasteiger partial charge on any atom is -0.298 e. The van der Waals surface area contributed by atoms with E-state index >= 15 is 0 Å². The number of hydrogen-bond donors (Lipinski definition) is 1. The van der Waals surface area contributed by atoms with Gasteiger partial charge in [0.15, 0.2) is 5.13 Å². The summed E-state index contributed by atoms with van der Waals surface area (Å²) in [6.07, 6.45) is 1.87. The summed E-state index contributed by atoms with van der Waals surface area (Å²) in [4.78, 5) is 16.7. The molecule has 0 saturated heterocycles. The first-order valence-corrected chi connectivity index (χ1v) is 7.85. The van der Waals surface area contributed by atoms with Crippen LogP contribution in [0.25, 0.3) is 16.3 Å². The van der Waals surface area contributed by atoms with Crippen LogP contribution in [0, 0.1) is 6.92 Å². The van der Waals surface area contributed by atoms with E-state index < -0.39 is 0 Å². The first-order valence-electron chi connectivity index (χ1n) is 7.04. The summed E-state index contributed by atoms with van der Waals surface area (Å²) in [6, 6.07) is 15.9. The van der Waals surface area contributed by atoms with E-state index in [1.165, 1.54) is 16.9 Å². The van der Waals surface area contributed by atoms with Gasteiger partial charge in [-0.2, -0.15) is 0 Å². The van der Waals surface area contributed by atoms with E-state index in [-0.39, 0.29) is 5.91 Å². The Hall–Kier alpha value is -2.46. The Morgan fingerprint density at radius 3 is 2.73 bits per heavy atom. The Bertz CT molecular complexity index is 850. The Morgan fingerprint density at radius 1 is 1.18 bits per heavy atom. The quantitative estimate of drug-likeness (QED) is 0.716. The van der Waals surface area contributed by atoms with Crippen LogP contribution < -0.4 is 5.32 Å². The summed E-state index contributed by atoms with van der Waals surface area (Å²) in [5, 5.41) is 3.50. The molecular formula is C18H16N2OS. The number of benzene rings is 2. The van der Waals surface area contributed by atoms with Gasteiger partial charge in [0.05, 0.1) is 10.2 Å². The molecule has 0 bridgehead atoms. The lowest BCUT2D eigenvalue weighted by atomic mass is 10.1. The highest BCUT2D eigenvalue weighted by Crippen LogP contribution is 2.27. The molecule has 0 spiro atoms. The largest absolute Gasteiger partial charge is 0.298 e. The standard InChI is InChI=1S/C18H16N2OS/c1-12-8-9-15-16(10-12)22-18(19-15)20-17(21)13(2)11-14-6-4-3-5-7-14/h3-11H,1-2H3,(H,19,20,21). The first kappa shape index (κ1) is 14.5. The molecule has 0 fully saturated rings. The van der Waals surface area contributed by atoms with Crippen molar-refractivity contribution in [2.45, 2.75) is 13.8 Å². The molecule has 0 unspecified atom stereocenters. The minimum atomic E-state index is -0.125. The molecule has 3 nitrogen and oxygen atoms in total. The van der Waals surface area contributed by atoms with Crippen molar-refractivity contribution in [2.24, 2.45) is 0 Å². The van der Waals surface area contributed by atoms with Crippen LogP contribution in [-0.2, 0) is 4.79 Å². The zero-order chi connectivity index (χ0) is 15.5. The molecule has 3 rings (SSSR count). The van der Waals surface area contributed by atoms with Gasteiger partial charge in [0.2, 0.25) is 0 Å². The summed E-state index contributed by atoms with van der Waals surface area (Å²) >= 11 is 1.49. The molecule has 0 aliphatic rings. The molecule has 1 heterocycles. The average molecular weight is 308 g/mol. The van der Waals surface area contributed by atoms with Crippen LogP contribution in [-0.4, -0.2) is 10.9 Å². The van der Waals surface area contributed by atoms with Crippen molar-refractivity contribution in [3.8, 4) is 0 Å². The highest BCUT2D eigenvalue weighted by atomic mass is 32.1. The number of thiazole rings is 1. The van der Waals surface area contributed by atoms with Crippen LogP contribution in [0.1, 0.15) is 18.1 Å². The smallest absolute Gasteiger partial charge is 0.253 e. The van der Waals surface area contributed by atoms with Gasteiger partial charge in [-0.15, -0.1) is 0 Å². The fourth-order valence-electron chi connectivity index (χ4n) is 2.15. The third-order valence-corrected chi connectivity index (χ3v) is 4.24. The number of nitrogens with zero attached hydrogens (tertiary/aromatic N) is 1. The molecule has 0 radical (unpaired) electrons. The number of anilines is 1. The average Bonchev–Trinajstić information content (AvgIpc) is 2.89. The molecule has 110 valence electrons. The summed E-state index contributed by atoms with van der Waals surface area (Å²) < 4.78 is 1.08. The van der Waals surface area contributed by atoms with E-state index in [0.717, 1.165) is 15.8 Å². The van der Waals surface area contributed by atoms with Crippen LogP contribution in [0.5, 0.6) is 0 Å². The second kappa shape index (κ2) is 6.12. The predicted molar refractivity (Wildman–Crippen MR) is 93.1 cm³/mol. The van der Waals surface area contributed by atoms with Crippen LogP contribution in [0.15, 0.2) is 54.1 Å². The third-order valence-electron chi connectivity index (χ3n) is 3.31. The second-order valence-corrected chi connectivity index (χ2v) is 6.21. The maximum absolute atomic E-state index is 12.2. The Labute approximate surface area is 133 Å². The lowest BCUT2D eigenvalue weighted by Crippen LogP contribution is -2.12. The molecule has 4 heteroatoms. The fraction of sp³-hybridized carbons (Fsp3) is 0.111. The van der Waals surface area contributed by atoms with Crippen LogP contribution in [0.3, 0.4) is 0 Å². The monoisotopic (exact) mass is 308 g/mol. The summed E-state index contributed by atoms with van der Waals surface area (Å²) in [6.45, 7) is 3.85. The van der Waals surface area contributed by atoms with Crippen molar-refractivity contribution in [1.29, 1.82) is 0 Å². The maximum atomic E-state index is 12.2. The number of nitrogens with one attached hydrogen (secondary N) is 1. The number of fused-ring (bicyclic) bond motifs is 1. The van der Waals surface area contributed by atoms with Crippen molar-refractivity contribution >= 4 is 38.7 Å². The minimum absolute atomic E-state index is 0.125. The van der Waals surface area contributed by atoms with Crippen molar-refractivity contribution in [3.63, 3.8) is 0 Å². The van der Waals surface area contributed by atoms with E-state index in [1.54, 1.807) is 6.92 Å². The summed E-state index contributed by atoms with van der Waals surface area (Å²) in [5.74, 6) is -0.125. The first-order chi connectivity index (χ1) is 10.6. The topological polar surface area (TPSA) is 42.0 Å². The van der Waals surface area contributed by atoms with Gasteiger partial charge in [-0.25, -0.2) is 4.98 Å². The number of carbonyl (C=O) groups is 1. The molecule has 1 N–H and O–H groups in total. The molecule has 1 aromatic heterocycles. The highest BCUT2D eigenvalue weighted by Gasteiger charge is 2.09. The van der Waals surface area contributed by atoms with Gasteiger partial charge in [-0.3, -0.25) is 10.1 Å². The van der Waals surface area contributed by atoms with Gasteiger partial charge in [0, 0.05) is 5.57 Å². The molecule has 3 aromatic rings. The van der Waals surface area contributed by atoms with Crippen LogP contribution in [0.4, 0.5) is 5.13 Å². The van der Waals surface area contributed by atoms with E-state index in [4.69, 9.17) is 0 Å². The zero-order valence-corrected chi connectivity index (χ0v) is 13.3. The molecule has 22 heavy (non-hydrogen) atoms. The lowest BCUT2D eigenvalue weighted by Gasteiger charge is -2.01. The summed E-state index contributed by atoms with van der Waals surface area (Å²) in [5.41, 5.74) is 3.77. The number of amides is 1. The number of aromatic nitrogens is 1. The molecule has 1 amide bonds. The van der Waals surface area contributed by atoms with Crippen molar-refractivity contribution in [1.82, 2.24) is 4.98 Å². The van der Waals surface area contributed by atoms with Crippen molar-refractivity contribution in [2.75, 3.05) is 5.32 Å². The molecule has 2 aromatic carbocycles. The van der Waals surface area contributed by atoms with Gasteiger partial charge in [-0.1, -0.05) is 47.7 Å². The molecular weight excluding hydrogens is 292 g/mol.